The van der Waals surface area contributed by atoms with Gasteiger partial charge in [-0.15, -0.1) is 12.4 Å². The van der Waals surface area contributed by atoms with Gasteiger partial charge in [0.15, 0.2) is 11.5 Å². The normalized spacial score (nSPS) is 10.3. The number of aromatic nitrogens is 4. The van der Waals surface area contributed by atoms with Crippen LogP contribution in [0.15, 0.2) is 48.5 Å². The van der Waals surface area contributed by atoms with Gasteiger partial charge in [-0.1, -0.05) is 36.3 Å². The minimum absolute atomic E-state index is 0. The lowest BCUT2D eigenvalue weighted by atomic mass is 10.2. The first-order valence-corrected chi connectivity index (χ1v) is 8.80. The lowest BCUT2D eigenvalue weighted by Gasteiger charge is -2.13. The highest BCUT2D eigenvalue weighted by atomic mass is 35.5. The number of para-hydroxylation sites is 1. The molecular weight excluding hydrogens is 366 g/mol. The molecule has 0 fully saturated rings. The summed E-state index contributed by atoms with van der Waals surface area (Å²) in [5.74, 6) is 1.25. The topological polar surface area (TPSA) is 74.1 Å². The van der Waals surface area contributed by atoms with E-state index in [9.17, 15) is 0 Å². The average molecular weight is 390 g/mol. The Hall–Kier alpha value is -2.64. The molecule has 1 aromatic heterocycles. The summed E-state index contributed by atoms with van der Waals surface area (Å²) in [6.45, 7) is 6.40. The van der Waals surface area contributed by atoms with Crippen molar-refractivity contribution in [3.8, 4) is 23.2 Å². The molecule has 0 aliphatic carbocycles. The Labute approximate surface area is 165 Å². The molecule has 0 saturated carbocycles. The number of hydrogen-bond donors (Lipinski definition) is 1. The molecule has 0 spiro atoms. The summed E-state index contributed by atoms with van der Waals surface area (Å²) < 4.78 is 13.2. The molecule has 0 aliphatic rings. The Morgan fingerprint density at radius 3 is 2.59 bits per heavy atom. The van der Waals surface area contributed by atoms with Gasteiger partial charge in [0.25, 0.3) is 0 Å². The largest absolute Gasteiger partial charge is 0.490 e. The first kappa shape index (κ1) is 20.7. The summed E-state index contributed by atoms with van der Waals surface area (Å²) in [6.07, 6.45) is 1.10. The molecule has 0 unspecified atom stereocenters. The van der Waals surface area contributed by atoms with Crippen LogP contribution >= 0.6 is 12.4 Å². The number of ether oxygens (including phenoxy) is 2. The second-order valence-electron chi connectivity index (χ2n) is 5.70. The Morgan fingerprint density at radius 1 is 1.04 bits per heavy atom. The van der Waals surface area contributed by atoms with Crippen LogP contribution in [0.1, 0.15) is 25.8 Å². The van der Waals surface area contributed by atoms with Crippen LogP contribution in [0.4, 0.5) is 0 Å². The predicted octanol–water partition coefficient (Wildman–Crippen LogP) is 3.77. The fraction of sp³-hybridized carbons (Fsp3) is 0.316. The molecule has 0 saturated heterocycles. The molecule has 1 heterocycles. The Balaban J connectivity index is 0.00000261. The van der Waals surface area contributed by atoms with E-state index < -0.39 is 0 Å². The van der Waals surface area contributed by atoms with E-state index in [-0.39, 0.29) is 18.4 Å². The maximum Gasteiger partial charge on any atom is 0.346 e. The molecule has 2 aromatic carbocycles. The Kier molecular flexibility index (Phi) is 8.03. The van der Waals surface area contributed by atoms with Gasteiger partial charge in [-0.2, -0.15) is 4.68 Å². The summed E-state index contributed by atoms with van der Waals surface area (Å²) in [4.78, 5) is 0. The lowest BCUT2D eigenvalue weighted by Crippen LogP contribution is -2.13. The van der Waals surface area contributed by atoms with Gasteiger partial charge in [0.1, 0.15) is 0 Å². The molecule has 3 rings (SSSR count). The monoisotopic (exact) mass is 389 g/mol. The van der Waals surface area contributed by atoms with Crippen molar-refractivity contribution in [2.24, 2.45) is 0 Å². The SMILES string of the molecule is CCCNCc1ccc(Oc2nnnn2-c2ccccc2)c(OCC)c1.Cl. The van der Waals surface area contributed by atoms with Crippen molar-refractivity contribution in [1.29, 1.82) is 0 Å². The molecule has 7 nitrogen and oxygen atoms in total. The van der Waals surface area contributed by atoms with Crippen LogP contribution in [0.3, 0.4) is 0 Å². The molecule has 3 aromatic rings. The van der Waals surface area contributed by atoms with E-state index in [1.165, 1.54) is 0 Å². The van der Waals surface area contributed by atoms with Crippen molar-refractivity contribution in [2.75, 3.05) is 13.2 Å². The number of benzene rings is 2. The van der Waals surface area contributed by atoms with Gasteiger partial charge in [-0.05, 0) is 60.1 Å². The zero-order valence-electron chi connectivity index (χ0n) is 15.5. The lowest BCUT2D eigenvalue weighted by molar-refractivity contribution is 0.315. The van der Waals surface area contributed by atoms with E-state index in [4.69, 9.17) is 9.47 Å². The van der Waals surface area contributed by atoms with E-state index in [1.807, 2.05) is 55.5 Å². The average Bonchev–Trinajstić information content (AvgIpc) is 3.13. The van der Waals surface area contributed by atoms with Crippen molar-refractivity contribution < 1.29 is 9.47 Å². The number of nitrogens with zero attached hydrogens (tertiary/aromatic N) is 4. The number of rotatable bonds is 9. The minimum Gasteiger partial charge on any atom is -0.490 e. The molecular formula is C19H24ClN5O2. The van der Waals surface area contributed by atoms with Crippen LogP contribution < -0.4 is 14.8 Å². The van der Waals surface area contributed by atoms with Crippen LogP contribution in [0.5, 0.6) is 17.5 Å². The molecule has 0 radical (unpaired) electrons. The zero-order valence-corrected chi connectivity index (χ0v) is 16.3. The van der Waals surface area contributed by atoms with Gasteiger partial charge in [-0.3, -0.25) is 0 Å². The van der Waals surface area contributed by atoms with Crippen LogP contribution in [-0.2, 0) is 6.54 Å². The Morgan fingerprint density at radius 2 is 1.85 bits per heavy atom. The minimum atomic E-state index is 0. The van der Waals surface area contributed by atoms with Gasteiger partial charge in [0.05, 0.1) is 12.3 Å². The third-order valence-corrected chi connectivity index (χ3v) is 3.71. The smallest absolute Gasteiger partial charge is 0.346 e. The molecule has 0 aliphatic heterocycles. The third-order valence-electron chi connectivity index (χ3n) is 3.71. The molecule has 1 N–H and O–H groups in total. The first-order valence-electron chi connectivity index (χ1n) is 8.80. The summed E-state index contributed by atoms with van der Waals surface area (Å²) in [6, 6.07) is 15.8. The van der Waals surface area contributed by atoms with Gasteiger partial charge >= 0.3 is 6.01 Å². The summed E-state index contributed by atoms with van der Waals surface area (Å²) in [7, 11) is 0. The van der Waals surface area contributed by atoms with Crippen molar-refractivity contribution in [2.45, 2.75) is 26.8 Å². The Bertz CT molecular complexity index is 826. The molecule has 144 valence electrons. The van der Waals surface area contributed by atoms with Crippen molar-refractivity contribution >= 4 is 12.4 Å². The second-order valence-corrected chi connectivity index (χ2v) is 5.70. The number of hydrogen-bond acceptors (Lipinski definition) is 6. The van der Waals surface area contributed by atoms with E-state index >= 15 is 0 Å². The fourth-order valence-electron chi connectivity index (χ4n) is 2.50. The summed E-state index contributed by atoms with van der Waals surface area (Å²) >= 11 is 0. The van der Waals surface area contributed by atoms with E-state index in [2.05, 4.69) is 27.8 Å². The van der Waals surface area contributed by atoms with Gasteiger partial charge < -0.3 is 14.8 Å². The zero-order chi connectivity index (χ0) is 18.2. The van der Waals surface area contributed by atoms with Crippen molar-refractivity contribution in [3.63, 3.8) is 0 Å². The van der Waals surface area contributed by atoms with Crippen LogP contribution in [0, 0.1) is 0 Å². The second kappa shape index (κ2) is 10.5. The summed E-state index contributed by atoms with van der Waals surface area (Å²) in [5, 5.41) is 15.1. The molecule has 0 atom stereocenters. The fourth-order valence-corrected chi connectivity index (χ4v) is 2.50. The predicted molar refractivity (Wildman–Crippen MR) is 106 cm³/mol. The maximum absolute atomic E-state index is 5.95. The quantitative estimate of drug-likeness (QED) is 0.561. The van der Waals surface area contributed by atoms with Gasteiger partial charge in [-0.25, -0.2) is 0 Å². The van der Waals surface area contributed by atoms with Crippen molar-refractivity contribution in [1.82, 2.24) is 25.5 Å². The highest BCUT2D eigenvalue weighted by molar-refractivity contribution is 5.85. The van der Waals surface area contributed by atoms with Gasteiger partial charge in [0.2, 0.25) is 0 Å². The molecule has 27 heavy (non-hydrogen) atoms. The van der Waals surface area contributed by atoms with E-state index in [0.29, 0.717) is 18.1 Å². The molecule has 0 amide bonds. The standard InChI is InChI=1S/C19H23N5O2.ClH/c1-3-12-20-14-15-10-11-17(18(13-15)25-4-2)26-19-21-22-23-24(19)16-8-6-5-7-9-16;/h5-11,13,20H,3-4,12,14H2,1-2H3;1H. The summed E-state index contributed by atoms with van der Waals surface area (Å²) in [5.41, 5.74) is 1.96. The highest BCUT2D eigenvalue weighted by Crippen LogP contribution is 2.32. The number of halogens is 1. The molecule has 8 heteroatoms. The maximum atomic E-state index is 5.95. The third kappa shape index (κ3) is 5.42. The first-order chi connectivity index (χ1) is 12.8. The van der Waals surface area contributed by atoms with Crippen LogP contribution in [0.25, 0.3) is 5.69 Å². The van der Waals surface area contributed by atoms with Gasteiger partial charge in [0, 0.05) is 6.54 Å². The number of nitrogens with one attached hydrogen (secondary N) is 1. The molecule has 0 bridgehead atoms. The van der Waals surface area contributed by atoms with E-state index in [0.717, 1.165) is 30.8 Å². The number of tetrazole rings is 1. The van der Waals surface area contributed by atoms with E-state index in [1.54, 1.807) is 4.68 Å². The van der Waals surface area contributed by atoms with Crippen LogP contribution in [0.2, 0.25) is 0 Å². The van der Waals surface area contributed by atoms with Crippen molar-refractivity contribution in [3.05, 3.63) is 54.1 Å². The highest BCUT2D eigenvalue weighted by Gasteiger charge is 2.14. The van der Waals surface area contributed by atoms with Crippen LogP contribution in [-0.4, -0.2) is 33.4 Å².